The SMILES string of the molecule is CN(CC(=O)Nc1ccccc1NC(=O)c1ccccc1)C(=O)c1ccc(Br)s1. The summed E-state index contributed by atoms with van der Waals surface area (Å²) in [5.41, 5.74) is 1.45. The molecule has 0 atom stereocenters. The average molecular weight is 472 g/mol. The molecule has 1 heterocycles. The summed E-state index contributed by atoms with van der Waals surface area (Å²) in [4.78, 5) is 39.1. The van der Waals surface area contributed by atoms with E-state index in [0.29, 0.717) is 21.8 Å². The van der Waals surface area contributed by atoms with Crippen molar-refractivity contribution in [3.63, 3.8) is 0 Å². The Labute approximate surface area is 180 Å². The molecule has 0 radical (unpaired) electrons. The van der Waals surface area contributed by atoms with Gasteiger partial charge in [-0.3, -0.25) is 14.4 Å². The lowest BCUT2D eigenvalue weighted by molar-refractivity contribution is -0.116. The predicted octanol–water partition coefficient (Wildman–Crippen LogP) is 4.47. The van der Waals surface area contributed by atoms with Crippen molar-refractivity contribution in [2.24, 2.45) is 0 Å². The van der Waals surface area contributed by atoms with Gasteiger partial charge >= 0.3 is 0 Å². The Morgan fingerprint density at radius 1 is 0.897 bits per heavy atom. The van der Waals surface area contributed by atoms with Crippen LogP contribution in [0.15, 0.2) is 70.5 Å². The highest BCUT2D eigenvalue weighted by molar-refractivity contribution is 9.11. The van der Waals surface area contributed by atoms with E-state index in [2.05, 4.69) is 26.6 Å². The van der Waals surface area contributed by atoms with Crippen molar-refractivity contribution in [3.8, 4) is 0 Å². The summed E-state index contributed by atoms with van der Waals surface area (Å²) >= 11 is 4.63. The molecule has 29 heavy (non-hydrogen) atoms. The Kier molecular flexibility index (Phi) is 6.79. The zero-order chi connectivity index (χ0) is 20.8. The Hall–Kier alpha value is -2.97. The van der Waals surface area contributed by atoms with E-state index in [1.807, 2.05) is 6.07 Å². The predicted molar refractivity (Wildman–Crippen MR) is 118 cm³/mol. The number of halogens is 1. The minimum atomic E-state index is -0.363. The van der Waals surface area contributed by atoms with Crippen LogP contribution in [0, 0.1) is 0 Å². The fourth-order valence-corrected chi connectivity index (χ4v) is 3.96. The largest absolute Gasteiger partial charge is 0.332 e. The van der Waals surface area contributed by atoms with Crippen LogP contribution in [0.4, 0.5) is 11.4 Å². The number of rotatable bonds is 6. The third-order valence-electron chi connectivity index (χ3n) is 4.00. The number of para-hydroxylation sites is 2. The highest BCUT2D eigenvalue weighted by Gasteiger charge is 2.18. The van der Waals surface area contributed by atoms with E-state index in [1.54, 1.807) is 67.7 Å². The molecular weight excluding hydrogens is 454 g/mol. The number of likely N-dealkylation sites (N-methyl/N-ethyl adjacent to an activating group) is 1. The molecule has 8 heteroatoms. The Balaban J connectivity index is 1.65. The molecule has 0 fully saturated rings. The van der Waals surface area contributed by atoms with Crippen LogP contribution in [0.2, 0.25) is 0 Å². The van der Waals surface area contributed by atoms with Crippen LogP contribution in [-0.2, 0) is 4.79 Å². The van der Waals surface area contributed by atoms with Gasteiger partial charge in [0.1, 0.15) is 0 Å². The molecule has 1 aromatic heterocycles. The third-order valence-corrected chi connectivity index (χ3v) is 5.61. The molecule has 0 bridgehead atoms. The number of hydrogen-bond acceptors (Lipinski definition) is 4. The number of nitrogens with one attached hydrogen (secondary N) is 2. The quantitative estimate of drug-likeness (QED) is 0.556. The minimum Gasteiger partial charge on any atom is -0.332 e. The van der Waals surface area contributed by atoms with Gasteiger partial charge in [0.25, 0.3) is 11.8 Å². The number of nitrogens with zero attached hydrogens (tertiary/aromatic N) is 1. The Bertz CT molecular complexity index is 1040. The van der Waals surface area contributed by atoms with E-state index in [0.717, 1.165) is 3.79 Å². The van der Waals surface area contributed by atoms with Gasteiger partial charge in [-0.15, -0.1) is 11.3 Å². The zero-order valence-corrected chi connectivity index (χ0v) is 17.9. The molecule has 2 N–H and O–H groups in total. The van der Waals surface area contributed by atoms with Crippen LogP contribution in [0.1, 0.15) is 20.0 Å². The molecule has 0 aliphatic heterocycles. The highest BCUT2D eigenvalue weighted by Crippen LogP contribution is 2.24. The van der Waals surface area contributed by atoms with E-state index >= 15 is 0 Å². The van der Waals surface area contributed by atoms with Gasteiger partial charge in [0.2, 0.25) is 5.91 Å². The lowest BCUT2D eigenvalue weighted by Gasteiger charge is -2.17. The van der Waals surface area contributed by atoms with Gasteiger partial charge in [0.15, 0.2) is 0 Å². The highest BCUT2D eigenvalue weighted by atomic mass is 79.9. The van der Waals surface area contributed by atoms with Crippen LogP contribution >= 0.6 is 27.3 Å². The van der Waals surface area contributed by atoms with Crippen LogP contribution in [-0.4, -0.2) is 36.2 Å². The van der Waals surface area contributed by atoms with Crippen molar-refractivity contribution >= 4 is 56.4 Å². The lowest BCUT2D eigenvalue weighted by atomic mass is 10.2. The van der Waals surface area contributed by atoms with Crippen LogP contribution < -0.4 is 10.6 Å². The summed E-state index contributed by atoms with van der Waals surface area (Å²) in [6, 6.07) is 19.2. The van der Waals surface area contributed by atoms with Gasteiger partial charge in [0, 0.05) is 12.6 Å². The van der Waals surface area contributed by atoms with E-state index in [-0.39, 0.29) is 24.3 Å². The molecule has 0 spiro atoms. The van der Waals surface area contributed by atoms with Crippen molar-refractivity contribution < 1.29 is 14.4 Å². The summed E-state index contributed by atoms with van der Waals surface area (Å²) in [7, 11) is 1.57. The van der Waals surface area contributed by atoms with E-state index in [4.69, 9.17) is 0 Å². The lowest BCUT2D eigenvalue weighted by Crippen LogP contribution is -2.34. The molecule has 2 aromatic carbocycles. The van der Waals surface area contributed by atoms with Gasteiger partial charge in [-0.2, -0.15) is 0 Å². The van der Waals surface area contributed by atoms with Crippen LogP contribution in [0.3, 0.4) is 0 Å². The maximum Gasteiger partial charge on any atom is 0.264 e. The normalized spacial score (nSPS) is 10.3. The third kappa shape index (κ3) is 5.52. The summed E-state index contributed by atoms with van der Waals surface area (Å²) in [6.45, 7) is -0.116. The molecule has 0 aliphatic carbocycles. The number of amides is 3. The summed E-state index contributed by atoms with van der Waals surface area (Å²) < 4.78 is 0.849. The Morgan fingerprint density at radius 2 is 1.52 bits per heavy atom. The number of carbonyl (C=O) groups is 3. The monoisotopic (exact) mass is 471 g/mol. The van der Waals surface area contributed by atoms with Gasteiger partial charge in [-0.25, -0.2) is 0 Å². The number of anilines is 2. The maximum atomic E-state index is 12.4. The number of benzene rings is 2. The van der Waals surface area contributed by atoms with Crippen LogP contribution in [0.5, 0.6) is 0 Å². The van der Waals surface area contributed by atoms with Gasteiger partial charge in [0.05, 0.1) is 26.6 Å². The summed E-state index contributed by atoms with van der Waals surface area (Å²) in [5, 5.41) is 5.56. The first kappa shape index (κ1) is 20.8. The molecular formula is C21H18BrN3O3S. The molecule has 0 aliphatic rings. The maximum absolute atomic E-state index is 12.4. The standard InChI is InChI=1S/C21H18BrN3O3S/c1-25(21(28)17-11-12-18(22)29-17)13-19(26)23-15-9-5-6-10-16(15)24-20(27)14-7-3-2-4-8-14/h2-12H,13H2,1H3,(H,23,26)(H,24,27). The fourth-order valence-electron chi connectivity index (χ4n) is 2.58. The number of hydrogen-bond donors (Lipinski definition) is 2. The first-order valence-electron chi connectivity index (χ1n) is 8.70. The number of carbonyl (C=O) groups excluding carboxylic acids is 3. The van der Waals surface area contributed by atoms with E-state index in [9.17, 15) is 14.4 Å². The van der Waals surface area contributed by atoms with Gasteiger partial charge < -0.3 is 15.5 Å². The molecule has 6 nitrogen and oxygen atoms in total. The van der Waals surface area contributed by atoms with Gasteiger partial charge in [-0.1, -0.05) is 30.3 Å². The molecule has 0 saturated carbocycles. The summed E-state index contributed by atoms with van der Waals surface area (Å²) in [6.07, 6.45) is 0. The van der Waals surface area contributed by atoms with Crippen molar-refractivity contribution in [3.05, 3.63) is 81.0 Å². The van der Waals surface area contributed by atoms with E-state index < -0.39 is 0 Å². The molecule has 3 aromatic rings. The summed E-state index contributed by atoms with van der Waals surface area (Å²) in [5.74, 6) is -0.873. The molecule has 148 valence electrons. The van der Waals surface area contributed by atoms with E-state index in [1.165, 1.54) is 16.2 Å². The van der Waals surface area contributed by atoms with Crippen molar-refractivity contribution in [2.45, 2.75) is 0 Å². The zero-order valence-electron chi connectivity index (χ0n) is 15.5. The Morgan fingerprint density at radius 3 is 2.14 bits per heavy atom. The first-order valence-corrected chi connectivity index (χ1v) is 10.3. The second-order valence-electron chi connectivity index (χ2n) is 6.18. The van der Waals surface area contributed by atoms with Crippen LogP contribution in [0.25, 0.3) is 0 Å². The molecule has 0 saturated heterocycles. The average Bonchev–Trinajstić information content (AvgIpc) is 3.15. The van der Waals surface area contributed by atoms with Crippen molar-refractivity contribution in [1.82, 2.24) is 4.90 Å². The smallest absolute Gasteiger partial charge is 0.264 e. The topological polar surface area (TPSA) is 78.5 Å². The second-order valence-corrected chi connectivity index (χ2v) is 8.64. The second kappa shape index (κ2) is 9.49. The fraction of sp³-hybridized carbons (Fsp3) is 0.0952. The number of thiophene rings is 1. The van der Waals surface area contributed by atoms with Crippen molar-refractivity contribution in [1.29, 1.82) is 0 Å². The minimum absolute atomic E-state index is 0.116. The van der Waals surface area contributed by atoms with Gasteiger partial charge in [-0.05, 0) is 52.3 Å². The van der Waals surface area contributed by atoms with Crippen molar-refractivity contribution in [2.75, 3.05) is 24.2 Å². The first-order chi connectivity index (χ1) is 13.9. The molecule has 3 amide bonds. The molecule has 0 unspecified atom stereocenters. The molecule has 3 rings (SSSR count).